The molecule has 0 bridgehead atoms. The van der Waals surface area contributed by atoms with Gasteiger partial charge in [-0.05, 0) is 30.5 Å². The van der Waals surface area contributed by atoms with Crippen molar-refractivity contribution in [3.05, 3.63) is 42.1 Å². The van der Waals surface area contributed by atoms with Crippen molar-refractivity contribution in [2.45, 2.75) is 38.1 Å². The van der Waals surface area contributed by atoms with Gasteiger partial charge in [0.2, 0.25) is 0 Å². The second kappa shape index (κ2) is 5.66. The Balaban J connectivity index is 2.26. The summed E-state index contributed by atoms with van der Waals surface area (Å²) < 4.78 is 28.7. The molecule has 0 aliphatic rings. The van der Waals surface area contributed by atoms with Crippen LogP contribution in [0.25, 0.3) is 0 Å². The highest BCUT2D eigenvalue weighted by Gasteiger charge is 2.16. The minimum Gasteiger partial charge on any atom is -0.264 e. The van der Waals surface area contributed by atoms with Gasteiger partial charge in [0.05, 0.1) is 11.1 Å². The third-order valence-electron chi connectivity index (χ3n) is 3.11. The molecule has 1 heterocycles. The lowest BCUT2D eigenvalue weighted by Crippen LogP contribution is -2.16. The Morgan fingerprint density at radius 1 is 1.20 bits per heavy atom. The SMILES string of the molecule is CCn1nccc1NS(=O)(=O)c1ccc(C(C)C)cc1. The minimum atomic E-state index is -3.57. The quantitative estimate of drug-likeness (QED) is 0.922. The number of hydrogen-bond acceptors (Lipinski definition) is 3. The highest BCUT2D eigenvalue weighted by atomic mass is 32.2. The lowest BCUT2D eigenvalue weighted by molar-refractivity contribution is 0.599. The maximum absolute atomic E-state index is 12.3. The summed E-state index contributed by atoms with van der Waals surface area (Å²) in [4.78, 5) is 0.255. The first kappa shape index (κ1) is 14.6. The third-order valence-corrected chi connectivity index (χ3v) is 4.48. The van der Waals surface area contributed by atoms with E-state index < -0.39 is 10.0 Å². The molecule has 0 saturated carbocycles. The zero-order valence-corrected chi connectivity index (χ0v) is 12.7. The number of sulfonamides is 1. The normalized spacial score (nSPS) is 11.8. The first-order valence-electron chi connectivity index (χ1n) is 6.58. The van der Waals surface area contributed by atoms with Crippen molar-refractivity contribution in [1.29, 1.82) is 0 Å². The number of rotatable bonds is 5. The summed E-state index contributed by atoms with van der Waals surface area (Å²) in [5, 5.41) is 4.04. The lowest BCUT2D eigenvalue weighted by atomic mass is 10.0. The van der Waals surface area contributed by atoms with Crippen LogP contribution in [0.1, 0.15) is 32.3 Å². The van der Waals surface area contributed by atoms with Crippen LogP contribution in [0.15, 0.2) is 41.4 Å². The van der Waals surface area contributed by atoms with Crippen molar-refractivity contribution in [1.82, 2.24) is 9.78 Å². The molecule has 0 fully saturated rings. The van der Waals surface area contributed by atoms with E-state index in [-0.39, 0.29) is 4.90 Å². The molecular weight excluding hydrogens is 274 g/mol. The number of nitrogens with zero attached hydrogens (tertiary/aromatic N) is 2. The molecule has 1 aromatic carbocycles. The average Bonchev–Trinajstić information content (AvgIpc) is 2.85. The zero-order valence-electron chi connectivity index (χ0n) is 11.9. The number of hydrogen-bond donors (Lipinski definition) is 1. The predicted octanol–water partition coefficient (Wildman–Crippen LogP) is 2.83. The molecule has 0 aliphatic heterocycles. The summed E-state index contributed by atoms with van der Waals surface area (Å²) in [7, 11) is -3.57. The van der Waals surface area contributed by atoms with E-state index in [1.165, 1.54) is 0 Å². The van der Waals surface area contributed by atoms with E-state index in [4.69, 9.17) is 0 Å². The molecule has 1 N–H and O–H groups in total. The molecule has 0 unspecified atom stereocenters. The molecule has 0 amide bonds. The van der Waals surface area contributed by atoms with Gasteiger partial charge >= 0.3 is 0 Å². The van der Waals surface area contributed by atoms with Crippen LogP contribution < -0.4 is 4.72 Å². The van der Waals surface area contributed by atoms with Crippen LogP contribution in [0.4, 0.5) is 5.82 Å². The van der Waals surface area contributed by atoms with Gasteiger partial charge in [0.25, 0.3) is 10.0 Å². The Hall–Kier alpha value is -1.82. The number of benzene rings is 1. The van der Waals surface area contributed by atoms with E-state index in [1.807, 2.05) is 19.1 Å². The Labute approximate surface area is 119 Å². The van der Waals surface area contributed by atoms with E-state index in [0.717, 1.165) is 5.56 Å². The predicted molar refractivity (Wildman–Crippen MR) is 79.2 cm³/mol. The van der Waals surface area contributed by atoms with Crippen LogP contribution in [0.3, 0.4) is 0 Å². The summed E-state index contributed by atoms with van der Waals surface area (Å²) in [5.74, 6) is 0.849. The fraction of sp³-hybridized carbons (Fsp3) is 0.357. The fourth-order valence-electron chi connectivity index (χ4n) is 1.90. The zero-order chi connectivity index (χ0) is 14.8. The highest BCUT2D eigenvalue weighted by molar-refractivity contribution is 7.92. The van der Waals surface area contributed by atoms with Crippen molar-refractivity contribution in [2.24, 2.45) is 0 Å². The van der Waals surface area contributed by atoms with Gasteiger partial charge in [-0.1, -0.05) is 26.0 Å². The van der Waals surface area contributed by atoms with Gasteiger partial charge < -0.3 is 0 Å². The first-order chi connectivity index (χ1) is 9.44. The van der Waals surface area contributed by atoms with Gasteiger partial charge in [0.15, 0.2) is 0 Å². The van der Waals surface area contributed by atoms with E-state index in [1.54, 1.807) is 29.1 Å². The van der Waals surface area contributed by atoms with Crippen LogP contribution in [0.2, 0.25) is 0 Å². The molecular formula is C14H19N3O2S. The topological polar surface area (TPSA) is 64.0 Å². The molecule has 20 heavy (non-hydrogen) atoms. The average molecular weight is 293 g/mol. The van der Waals surface area contributed by atoms with Gasteiger partial charge in [-0.15, -0.1) is 0 Å². The summed E-state index contributed by atoms with van der Waals surface area (Å²) in [6.07, 6.45) is 1.57. The third kappa shape index (κ3) is 3.01. The second-order valence-corrected chi connectivity index (χ2v) is 6.54. The van der Waals surface area contributed by atoms with Gasteiger partial charge in [0, 0.05) is 12.6 Å². The highest BCUT2D eigenvalue weighted by Crippen LogP contribution is 2.19. The standard InChI is InChI=1S/C14H19N3O2S/c1-4-17-14(9-10-15-17)16-20(18,19)13-7-5-12(6-8-13)11(2)3/h5-11,16H,4H2,1-3H3. The van der Waals surface area contributed by atoms with Gasteiger partial charge in [-0.3, -0.25) is 4.72 Å². The molecule has 1 aromatic heterocycles. The number of anilines is 1. The molecule has 0 radical (unpaired) electrons. The van der Waals surface area contributed by atoms with E-state index >= 15 is 0 Å². The number of nitrogens with one attached hydrogen (secondary N) is 1. The van der Waals surface area contributed by atoms with E-state index in [9.17, 15) is 8.42 Å². The summed E-state index contributed by atoms with van der Waals surface area (Å²) in [6.45, 7) is 6.66. The van der Waals surface area contributed by atoms with Crippen molar-refractivity contribution >= 4 is 15.8 Å². The maximum atomic E-state index is 12.3. The van der Waals surface area contributed by atoms with Gasteiger partial charge in [-0.25, -0.2) is 13.1 Å². The molecule has 0 spiro atoms. The Bertz CT molecular complexity index is 673. The van der Waals surface area contributed by atoms with Gasteiger partial charge in [0.1, 0.15) is 5.82 Å². The minimum absolute atomic E-state index is 0.255. The maximum Gasteiger partial charge on any atom is 0.263 e. The van der Waals surface area contributed by atoms with Crippen molar-refractivity contribution in [3.63, 3.8) is 0 Å². The van der Waals surface area contributed by atoms with E-state index in [0.29, 0.717) is 18.3 Å². The molecule has 2 rings (SSSR count). The smallest absolute Gasteiger partial charge is 0.263 e. The van der Waals surface area contributed by atoms with Crippen LogP contribution in [-0.2, 0) is 16.6 Å². The molecule has 0 atom stereocenters. The van der Waals surface area contributed by atoms with Crippen LogP contribution in [-0.4, -0.2) is 18.2 Å². The van der Waals surface area contributed by atoms with Crippen LogP contribution in [0.5, 0.6) is 0 Å². The molecule has 0 saturated heterocycles. The molecule has 108 valence electrons. The summed E-state index contributed by atoms with van der Waals surface area (Å²) in [6, 6.07) is 8.59. The van der Waals surface area contributed by atoms with Gasteiger partial charge in [-0.2, -0.15) is 5.10 Å². The fourth-order valence-corrected chi connectivity index (χ4v) is 2.96. The van der Waals surface area contributed by atoms with Crippen molar-refractivity contribution in [2.75, 3.05) is 4.72 Å². The summed E-state index contributed by atoms with van der Waals surface area (Å²) in [5.41, 5.74) is 1.11. The molecule has 2 aromatic rings. The number of aryl methyl sites for hydroxylation is 1. The molecule has 6 heteroatoms. The molecule has 5 nitrogen and oxygen atoms in total. The Morgan fingerprint density at radius 2 is 1.85 bits per heavy atom. The van der Waals surface area contributed by atoms with Crippen molar-refractivity contribution in [3.8, 4) is 0 Å². The lowest BCUT2D eigenvalue weighted by Gasteiger charge is -2.10. The molecule has 0 aliphatic carbocycles. The largest absolute Gasteiger partial charge is 0.264 e. The summed E-state index contributed by atoms with van der Waals surface area (Å²) >= 11 is 0. The number of aromatic nitrogens is 2. The monoisotopic (exact) mass is 293 g/mol. The Kier molecular flexibility index (Phi) is 4.13. The van der Waals surface area contributed by atoms with Crippen LogP contribution >= 0.6 is 0 Å². The van der Waals surface area contributed by atoms with Crippen molar-refractivity contribution < 1.29 is 8.42 Å². The van der Waals surface area contributed by atoms with E-state index in [2.05, 4.69) is 23.7 Å². The van der Waals surface area contributed by atoms with Crippen LogP contribution in [0, 0.1) is 0 Å². The first-order valence-corrected chi connectivity index (χ1v) is 8.07. The Morgan fingerprint density at radius 3 is 2.40 bits per heavy atom. The second-order valence-electron chi connectivity index (χ2n) is 4.86.